The Morgan fingerprint density at radius 2 is 0.812 bits per heavy atom. The summed E-state index contributed by atoms with van der Waals surface area (Å²) in [6, 6.07) is 79.8. The zero-order valence-electron chi connectivity index (χ0n) is 37.1. The van der Waals surface area contributed by atoms with Gasteiger partial charge in [-0.3, -0.25) is 4.57 Å². The number of nitrogens with zero attached hydrogens (tertiary/aromatic N) is 7. The van der Waals surface area contributed by atoms with E-state index in [2.05, 4.69) is 225 Å². The van der Waals surface area contributed by atoms with Gasteiger partial charge in [-0.1, -0.05) is 152 Å². The molecule has 0 spiro atoms. The van der Waals surface area contributed by atoms with Crippen LogP contribution in [0.25, 0.3) is 128 Å². The standard InChI is InChI=1S/C62H39N7/c1-4-15-40(16-5-1)53-37-54(41-17-6-2-7-18-41)66-62(65-53)69-56-26-13-10-23-48(56)50-30-27-45(35-59(50)69)43-20-14-19-42(33-43)44-28-31-57-51(34-44)49-24-11-12-25-55(49)68(57)47-29-32-58-52(36-47)61-60(38-63-39-64-61)67(58)46-21-8-3-9-22-46/h1-39H. The summed E-state index contributed by atoms with van der Waals surface area (Å²) < 4.78 is 6.86. The topological polar surface area (TPSA) is 66.3 Å². The van der Waals surface area contributed by atoms with Crippen LogP contribution in [0.3, 0.4) is 0 Å². The van der Waals surface area contributed by atoms with Crippen molar-refractivity contribution >= 4 is 65.5 Å². The Morgan fingerprint density at radius 3 is 1.54 bits per heavy atom. The molecular formula is C62H39N7. The number of hydrogen-bond donors (Lipinski definition) is 0. The van der Waals surface area contributed by atoms with Crippen molar-refractivity contribution in [1.29, 1.82) is 0 Å². The summed E-state index contributed by atoms with van der Waals surface area (Å²) in [6.45, 7) is 0. The Hall–Kier alpha value is -9.46. The highest BCUT2D eigenvalue weighted by molar-refractivity contribution is 6.13. The van der Waals surface area contributed by atoms with Gasteiger partial charge in [-0.15, -0.1) is 0 Å². The van der Waals surface area contributed by atoms with Gasteiger partial charge in [-0.25, -0.2) is 19.9 Å². The predicted molar refractivity (Wildman–Crippen MR) is 282 cm³/mol. The lowest BCUT2D eigenvalue weighted by atomic mass is 9.97. The van der Waals surface area contributed by atoms with E-state index < -0.39 is 0 Å². The van der Waals surface area contributed by atoms with Crippen LogP contribution in [0, 0.1) is 0 Å². The number of aromatic nitrogens is 7. The summed E-state index contributed by atoms with van der Waals surface area (Å²) in [4.78, 5) is 19.8. The first-order valence-electron chi connectivity index (χ1n) is 23.2. The average molecular weight is 882 g/mol. The summed E-state index contributed by atoms with van der Waals surface area (Å²) >= 11 is 0. The minimum absolute atomic E-state index is 0.632. The molecule has 14 rings (SSSR count). The van der Waals surface area contributed by atoms with Gasteiger partial charge in [-0.2, -0.15) is 0 Å². The van der Waals surface area contributed by atoms with Gasteiger partial charge < -0.3 is 9.13 Å². The Kier molecular flexibility index (Phi) is 8.75. The molecule has 0 amide bonds. The molecule has 69 heavy (non-hydrogen) atoms. The van der Waals surface area contributed by atoms with Gasteiger partial charge in [0.05, 0.1) is 56.2 Å². The maximum Gasteiger partial charge on any atom is 0.235 e. The van der Waals surface area contributed by atoms with Crippen LogP contribution in [0.1, 0.15) is 0 Å². The van der Waals surface area contributed by atoms with Crippen LogP contribution in [0.15, 0.2) is 237 Å². The molecule has 0 bridgehead atoms. The van der Waals surface area contributed by atoms with Crippen molar-refractivity contribution in [3.05, 3.63) is 237 Å². The fourth-order valence-corrected chi connectivity index (χ4v) is 10.4. The molecule has 7 heteroatoms. The van der Waals surface area contributed by atoms with E-state index >= 15 is 0 Å². The van der Waals surface area contributed by atoms with E-state index in [4.69, 9.17) is 15.0 Å². The largest absolute Gasteiger partial charge is 0.309 e. The van der Waals surface area contributed by atoms with Crippen molar-refractivity contribution in [2.45, 2.75) is 0 Å². The van der Waals surface area contributed by atoms with Crippen molar-refractivity contribution in [1.82, 2.24) is 33.6 Å². The monoisotopic (exact) mass is 881 g/mol. The zero-order valence-corrected chi connectivity index (χ0v) is 37.1. The zero-order chi connectivity index (χ0) is 45.4. The Bertz CT molecular complexity index is 4240. The number of para-hydroxylation sites is 3. The first kappa shape index (κ1) is 38.8. The van der Waals surface area contributed by atoms with Crippen LogP contribution in [0.4, 0.5) is 0 Å². The quantitative estimate of drug-likeness (QED) is 0.160. The highest BCUT2D eigenvalue weighted by atomic mass is 15.2. The second-order valence-corrected chi connectivity index (χ2v) is 17.5. The number of benzene rings is 9. The Balaban J connectivity index is 0.889. The molecule has 5 heterocycles. The van der Waals surface area contributed by atoms with Gasteiger partial charge in [0, 0.05) is 49.4 Å². The van der Waals surface area contributed by atoms with Gasteiger partial charge in [0.15, 0.2) is 0 Å². The minimum atomic E-state index is 0.632. The van der Waals surface area contributed by atoms with E-state index in [0.29, 0.717) is 5.95 Å². The third-order valence-electron chi connectivity index (χ3n) is 13.6. The number of fused-ring (bicyclic) bond motifs is 9. The van der Waals surface area contributed by atoms with E-state index in [0.717, 1.165) is 111 Å². The molecule has 14 aromatic rings. The summed E-state index contributed by atoms with van der Waals surface area (Å²) in [5, 5.41) is 5.78. The second kappa shape index (κ2) is 15.6. The molecule has 0 atom stereocenters. The molecule has 0 unspecified atom stereocenters. The maximum atomic E-state index is 5.28. The van der Waals surface area contributed by atoms with Gasteiger partial charge >= 0.3 is 0 Å². The molecule has 0 aliphatic rings. The normalized spacial score (nSPS) is 11.8. The molecule has 5 aromatic heterocycles. The van der Waals surface area contributed by atoms with Crippen molar-refractivity contribution in [2.75, 3.05) is 0 Å². The van der Waals surface area contributed by atoms with Gasteiger partial charge in [0.1, 0.15) is 6.33 Å². The molecule has 0 N–H and O–H groups in total. The van der Waals surface area contributed by atoms with E-state index in [9.17, 15) is 0 Å². The first-order chi connectivity index (χ1) is 34.2. The number of rotatable bonds is 7. The molecule has 0 fully saturated rings. The van der Waals surface area contributed by atoms with Gasteiger partial charge in [0.2, 0.25) is 5.95 Å². The van der Waals surface area contributed by atoms with Crippen LogP contribution in [-0.2, 0) is 0 Å². The molecule has 7 nitrogen and oxygen atoms in total. The van der Waals surface area contributed by atoms with Gasteiger partial charge in [0.25, 0.3) is 0 Å². The lowest BCUT2D eigenvalue weighted by Gasteiger charge is -2.12. The lowest BCUT2D eigenvalue weighted by molar-refractivity contribution is 0.996. The molecule has 0 saturated heterocycles. The van der Waals surface area contributed by atoms with Crippen molar-refractivity contribution in [3.8, 4) is 62.1 Å². The molecule has 0 saturated carbocycles. The van der Waals surface area contributed by atoms with Gasteiger partial charge in [-0.05, 0) is 95.1 Å². The third-order valence-corrected chi connectivity index (χ3v) is 13.6. The average Bonchev–Trinajstić information content (AvgIpc) is 4.06. The fourth-order valence-electron chi connectivity index (χ4n) is 10.4. The highest BCUT2D eigenvalue weighted by Crippen LogP contribution is 2.40. The third kappa shape index (κ3) is 6.29. The van der Waals surface area contributed by atoms with E-state index in [1.54, 1.807) is 6.33 Å². The van der Waals surface area contributed by atoms with Crippen LogP contribution in [-0.4, -0.2) is 33.6 Å². The van der Waals surface area contributed by atoms with Crippen molar-refractivity contribution < 1.29 is 0 Å². The molecule has 0 aliphatic heterocycles. The minimum Gasteiger partial charge on any atom is -0.309 e. The lowest BCUT2D eigenvalue weighted by Crippen LogP contribution is -2.04. The van der Waals surface area contributed by atoms with Crippen LogP contribution < -0.4 is 0 Å². The van der Waals surface area contributed by atoms with Crippen LogP contribution >= 0.6 is 0 Å². The molecule has 0 aliphatic carbocycles. The SMILES string of the molecule is c1ccc(-c2cc(-c3ccccc3)nc(-n3c4ccccc4c4ccc(-c5cccc(-c6ccc7c(c6)c6ccccc6n7-c6ccc7c(c6)c6ncncc6n7-c6ccccc6)c5)cc43)n2)cc1. The predicted octanol–water partition coefficient (Wildman–Crippen LogP) is 15.2. The highest BCUT2D eigenvalue weighted by Gasteiger charge is 2.20. The maximum absolute atomic E-state index is 5.28. The van der Waals surface area contributed by atoms with Crippen molar-refractivity contribution in [3.63, 3.8) is 0 Å². The van der Waals surface area contributed by atoms with E-state index in [-0.39, 0.29) is 0 Å². The molecular weight excluding hydrogens is 843 g/mol. The Morgan fingerprint density at radius 1 is 0.290 bits per heavy atom. The number of hydrogen-bond acceptors (Lipinski definition) is 4. The molecule has 9 aromatic carbocycles. The summed E-state index contributed by atoms with van der Waals surface area (Å²) in [6.07, 6.45) is 3.55. The summed E-state index contributed by atoms with van der Waals surface area (Å²) in [5.74, 6) is 0.632. The fraction of sp³-hybridized carbons (Fsp3) is 0. The van der Waals surface area contributed by atoms with Crippen molar-refractivity contribution in [2.24, 2.45) is 0 Å². The summed E-state index contributed by atoms with van der Waals surface area (Å²) in [5.41, 5.74) is 17.9. The van der Waals surface area contributed by atoms with E-state index in [1.165, 1.54) is 10.8 Å². The second-order valence-electron chi connectivity index (χ2n) is 17.5. The van der Waals surface area contributed by atoms with E-state index in [1.807, 2.05) is 24.4 Å². The smallest absolute Gasteiger partial charge is 0.235 e. The van der Waals surface area contributed by atoms with Crippen LogP contribution in [0.5, 0.6) is 0 Å². The molecule has 322 valence electrons. The first-order valence-corrected chi connectivity index (χ1v) is 23.2. The Labute approximate surface area is 396 Å². The van der Waals surface area contributed by atoms with Crippen LogP contribution in [0.2, 0.25) is 0 Å². The molecule has 0 radical (unpaired) electrons. The summed E-state index contributed by atoms with van der Waals surface area (Å²) in [7, 11) is 0.